The normalized spacial score (nSPS) is 33.2. The van der Waals surface area contributed by atoms with E-state index in [9.17, 15) is 20.0 Å². The van der Waals surface area contributed by atoms with Gasteiger partial charge >= 0.3 is 11.6 Å². The van der Waals surface area contributed by atoms with Crippen LogP contribution < -0.4 is 15.1 Å². The van der Waals surface area contributed by atoms with Gasteiger partial charge in [0.15, 0.2) is 6.29 Å². The van der Waals surface area contributed by atoms with Crippen molar-refractivity contribution < 1.29 is 38.0 Å². The Labute approximate surface area is 301 Å². The van der Waals surface area contributed by atoms with E-state index >= 15 is 0 Å². The molecule has 2 aliphatic heterocycles. The van der Waals surface area contributed by atoms with E-state index in [1.54, 1.807) is 62.0 Å². The van der Waals surface area contributed by atoms with E-state index in [1.165, 1.54) is 0 Å². The molecular formula is C41H40N2O9. The highest BCUT2D eigenvalue weighted by Gasteiger charge is 2.71. The zero-order valence-electron chi connectivity index (χ0n) is 29.4. The molecule has 4 aliphatic rings. The Morgan fingerprint density at radius 2 is 1.85 bits per heavy atom. The zero-order chi connectivity index (χ0) is 36.4. The lowest BCUT2D eigenvalue weighted by Gasteiger charge is -2.67. The number of benzene rings is 2. The van der Waals surface area contributed by atoms with Gasteiger partial charge in [0.1, 0.15) is 34.5 Å². The van der Waals surface area contributed by atoms with Gasteiger partial charge in [-0.05, 0) is 80.0 Å². The van der Waals surface area contributed by atoms with E-state index in [-0.39, 0.29) is 34.7 Å². The van der Waals surface area contributed by atoms with E-state index in [1.807, 2.05) is 31.2 Å². The maximum absolute atomic E-state index is 13.9. The summed E-state index contributed by atoms with van der Waals surface area (Å²) >= 11 is 0. The van der Waals surface area contributed by atoms with Crippen molar-refractivity contribution in [2.24, 2.45) is 22.7 Å². The largest absolute Gasteiger partial charge is 0.496 e. The van der Waals surface area contributed by atoms with Gasteiger partial charge in [-0.15, -0.1) is 0 Å². The van der Waals surface area contributed by atoms with Gasteiger partial charge in [-0.1, -0.05) is 32.0 Å². The first-order valence-electron chi connectivity index (χ1n) is 17.6. The number of pyridine rings is 1. The topological polar surface area (TPSA) is 150 Å². The van der Waals surface area contributed by atoms with Crippen molar-refractivity contribution in [3.63, 3.8) is 0 Å². The van der Waals surface area contributed by atoms with Crippen LogP contribution in [0, 0.1) is 34.0 Å². The smallest absolute Gasteiger partial charge is 0.345 e. The van der Waals surface area contributed by atoms with Crippen LogP contribution in [0.25, 0.3) is 11.3 Å². The molecule has 2 saturated carbocycles. The zero-order valence-corrected chi connectivity index (χ0v) is 29.4. The fourth-order valence-corrected chi connectivity index (χ4v) is 9.76. The predicted molar refractivity (Wildman–Crippen MR) is 186 cm³/mol. The van der Waals surface area contributed by atoms with Crippen molar-refractivity contribution in [1.29, 1.82) is 5.26 Å². The third-order valence-electron chi connectivity index (χ3n) is 12.3. The summed E-state index contributed by atoms with van der Waals surface area (Å²) in [6.45, 7) is 6.47. The lowest BCUT2D eigenvalue weighted by atomic mass is 9.42. The molecule has 8 rings (SSSR count). The van der Waals surface area contributed by atoms with E-state index in [0.717, 1.165) is 5.56 Å². The van der Waals surface area contributed by atoms with Crippen molar-refractivity contribution in [3.8, 4) is 28.9 Å². The van der Waals surface area contributed by atoms with Gasteiger partial charge in [-0.25, -0.2) is 9.59 Å². The average molecular weight is 705 g/mol. The second-order valence-corrected chi connectivity index (χ2v) is 15.1. The highest BCUT2D eigenvalue weighted by Crippen LogP contribution is 2.68. The van der Waals surface area contributed by atoms with Crippen LogP contribution in [-0.2, 0) is 14.2 Å². The standard InChI is InChI=1S/C41H40N2O9/c1-39-16-15-31-40(2,22-48-38(51-31)26-9-5-6-10-27(26)47-4)30(39)19-32(50-36(45)24-13-11-23(20-42)12-14-24)41(3)35(39)34(44)33-29(52-41)18-28(49-37(33)46)25-8-7-17-43-21-25/h5-14,17-18,21,30-32,34-35,38,44H,15-16,19,22H2,1-4H3/t30?,31-,32-,34?,35?,38+,39-,40-,41+/m0/s1. The quantitative estimate of drug-likeness (QED) is 0.225. The second kappa shape index (κ2) is 12.6. The van der Waals surface area contributed by atoms with Gasteiger partial charge in [0.25, 0.3) is 0 Å². The number of aromatic nitrogens is 1. The van der Waals surface area contributed by atoms with Crippen molar-refractivity contribution in [2.75, 3.05) is 13.7 Å². The van der Waals surface area contributed by atoms with Gasteiger partial charge in [-0.3, -0.25) is 4.98 Å². The molecule has 2 aromatic heterocycles. The number of nitrogens with zero attached hydrogens (tertiary/aromatic N) is 2. The summed E-state index contributed by atoms with van der Waals surface area (Å²) in [6, 6.07) is 21.1. The highest BCUT2D eigenvalue weighted by atomic mass is 16.7. The number of nitriles is 1. The minimum absolute atomic E-state index is 0.0359. The monoisotopic (exact) mass is 704 g/mol. The first-order valence-corrected chi connectivity index (χ1v) is 17.6. The molecule has 4 aromatic rings. The predicted octanol–water partition coefficient (Wildman–Crippen LogP) is 6.55. The Kier molecular flexibility index (Phi) is 8.25. The van der Waals surface area contributed by atoms with Gasteiger partial charge < -0.3 is 33.2 Å². The maximum Gasteiger partial charge on any atom is 0.345 e. The number of methoxy groups -OCH3 is 1. The number of carbonyl (C=O) groups is 1. The van der Waals surface area contributed by atoms with Crippen LogP contribution in [0.2, 0.25) is 0 Å². The molecule has 2 aromatic carbocycles. The number of aliphatic hydroxyl groups is 1. The van der Waals surface area contributed by atoms with Crippen LogP contribution in [0.5, 0.6) is 11.5 Å². The van der Waals surface area contributed by atoms with Gasteiger partial charge in [-0.2, -0.15) is 5.26 Å². The number of hydrogen-bond acceptors (Lipinski definition) is 11. The van der Waals surface area contributed by atoms with E-state index < -0.39 is 52.4 Å². The number of para-hydroxylation sites is 1. The molecule has 11 nitrogen and oxygen atoms in total. The summed E-state index contributed by atoms with van der Waals surface area (Å²) in [4.78, 5) is 31.7. The van der Waals surface area contributed by atoms with Crippen LogP contribution in [0.1, 0.15) is 79.5 Å². The van der Waals surface area contributed by atoms with Gasteiger partial charge in [0, 0.05) is 40.9 Å². The Bertz CT molecular complexity index is 2110. The Balaban J connectivity index is 1.20. The van der Waals surface area contributed by atoms with Crippen LogP contribution in [-0.4, -0.2) is 47.6 Å². The van der Waals surface area contributed by atoms with E-state index in [0.29, 0.717) is 42.7 Å². The molecule has 3 fully saturated rings. The third-order valence-corrected chi connectivity index (χ3v) is 12.3. The molecule has 2 aliphatic carbocycles. The molecule has 0 radical (unpaired) electrons. The number of fused-ring (bicyclic) bond motifs is 6. The summed E-state index contributed by atoms with van der Waals surface area (Å²) in [5.74, 6) is -0.391. The minimum Gasteiger partial charge on any atom is -0.496 e. The SMILES string of the molecule is COc1ccccc1[C@@H]1OC[C@@]2(C)C3C[C@H](OC(=O)c4ccc(C#N)cc4)[C@@]4(C)Oc5cc(-c6cccnc6)oc(=O)c5C(O)C4[C@@]3(C)CC[C@@H]2O1. The van der Waals surface area contributed by atoms with Crippen LogP contribution >= 0.6 is 0 Å². The Hall–Kier alpha value is -5.02. The van der Waals surface area contributed by atoms with Crippen LogP contribution in [0.4, 0.5) is 0 Å². The molecule has 1 N–H and O–H groups in total. The fourth-order valence-electron chi connectivity index (χ4n) is 9.76. The second-order valence-electron chi connectivity index (χ2n) is 15.1. The summed E-state index contributed by atoms with van der Waals surface area (Å²) < 4.78 is 37.9. The highest BCUT2D eigenvalue weighted by molar-refractivity contribution is 5.89. The number of rotatable bonds is 5. The summed E-state index contributed by atoms with van der Waals surface area (Å²) in [7, 11) is 1.62. The van der Waals surface area contributed by atoms with Crippen LogP contribution in [0.15, 0.2) is 88.3 Å². The molecule has 0 spiro atoms. The number of ether oxygens (including phenoxy) is 5. The van der Waals surface area contributed by atoms with E-state index in [2.05, 4.69) is 24.9 Å². The summed E-state index contributed by atoms with van der Waals surface area (Å²) in [5, 5.41) is 21.7. The fraction of sp³-hybridized carbons (Fsp3) is 0.415. The Morgan fingerprint density at radius 1 is 1.06 bits per heavy atom. The molecule has 52 heavy (non-hydrogen) atoms. The first-order chi connectivity index (χ1) is 25.0. The van der Waals surface area contributed by atoms with Crippen LogP contribution in [0.3, 0.4) is 0 Å². The molecule has 11 heteroatoms. The summed E-state index contributed by atoms with van der Waals surface area (Å²) in [6.07, 6.45) is 1.85. The molecule has 0 amide bonds. The van der Waals surface area contributed by atoms with Crippen molar-refractivity contribution in [1.82, 2.24) is 4.98 Å². The van der Waals surface area contributed by atoms with Crippen molar-refractivity contribution in [2.45, 2.75) is 70.2 Å². The number of carbonyl (C=O) groups excluding carboxylic acids is 1. The lowest BCUT2D eigenvalue weighted by molar-refractivity contribution is -0.330. The van der Waals surface area contributed by atoms with Crippen molar-refractivity contribution >= 4 is 5.97 Å². The molecule has 3 unspecified atom stereocenters. The minimum atomic E-state index is -1.30. The Morgan fingerprint density at radius 3 is 2.58 bits per heavy atom. The summed E-state index contributed by atoms with van der Waals surface area (Å²) in [5.41, 5.74) is -1.05. The van der Waals surface area contributed by atoms with Gasteiger partial charge in [0.05, 0.1) is 43.1 Å². The lowest BCUT2D eigenvalue weighted by Crippen LogP contribution is -2.71. The van der Waals surface area contributed by atoms with Crippen molar-refractivity contribution in [3.05, 3.63) is 112 Å². The molecule has 4 heterocycles. The number of hydrogen-bond donors (Lipinski definition) is 1. The molecule has 0 bridgehead atoms. The average Bonchev–Trinajstić information content (AvgIpc) is 3.15. The molecule has 9 atom stereocenters. The number of aliphatic hydroxyl groups excluding tert-OH is 1. The first kappa shape index (κ1) is 34.1. The maximum atomic E-state index is 13.9. The molecular weight excluding hydrogens is 664 g/mol. The van der Waals surface area contributed by atoms with Gasteiger partial charge in [0.2, 0.25) is 0 Å². The number of esters is 1. The molecule has 1 saturated heterocycles. The van der Waals surface area contributed by atoms with E-state index in [4.69, 9.17) is 28.1 Å². The third kappa shape index (κ3) is 5.23. The molecule has 268 valence electrons.